The minimum atomic E-state index is -0.531. The van der Waals surface area contributed by atoms with Crippen molar-refractivity contribution in [1.82, 2.24) is 0 Å². The third-order valence-corrected chi connectivity index (χ3v) is 3.17. The average molecular weight is 306 g/mol. The lowest BCUT2D eigenvalue weighted by atomic mass is 10.1. The topological polar surface area (TPSA) is 79.0 Å². The first-order valence-electron chi connectivity index (χ1n) is 5.87. The van der Waals surface area contributed by atoms with Crippen LogP contribution in [0.4, 0.5) is 15.8 Å². The minimum Gasteiger partial charge on any atom is -0.380 e. The number of non-ortho nitro benzene ring substituents is 1. The molecule has 0 saturated carbocycles. The van der Waals surface area contributed by atoms with Crippen molar-refractivity contribution in [2.75, 3.05) is 5.32 Å². The maximum absolute atomic E-state index is 13.0. The highest BCUT2D eigenvalue weighted by Crippen LogP contribution is 2.24. The van der Waals surface area contributed by atoms with Gasteiger partial charge in [-0.05, 0) is 29.8 Å². The van der Waals surface area contributed by atoms with E-state index in [9.17, 15) is 14.5 Å². The van der Waals surface area contributed by atoms with Crippen molar-refractivity contribution in [3.8, 4) is 6.07 Å². The van der Waals surface area contributed by atoms with Crippen LogP contribution in [0.1, 0.15) is 11.1 Å². The third kappa shape index (κ3) is 3.46. The molecule has 0 fully saturated rings. The Hall–Kier alpha value is -2.65. The van der Waals surface area contributed by atoms with E-state index in [0.717, 1.165) is 6.07 Å². The molecule has 0 radical (unpaired) electrons. The predicted octanol–water partition coefficient (Wildman–Crippen LogP) is 3.87. The number of nitro groups is 1. The highest BCUT2D eigenvalue weighted by Gasteiger charge is 2.10. The minimum absolute atomic E-state index is 0.0942. The number of rotatable bonds is 4. The Bertz CT molecular complexity index is 743. The molecular formula is C14H9ClFN3O2. The number of benzene rings is 2. The van der Waals surface area contributed by atoms with Crippen molar-refractivity contribution in [2.45, 2.75) is 6.54 Å². The number of nitro benzene ring substituents is 1. The van der Waals surface area contributed by atoms with Gasteiger partial charge in [0.05, 0.1) is 21.2 Å². The molecule has 0 aliphatic carbocycles. The molecule has 0 atom stereocenters. The van der Waals surface area contributed by atoms with Crippen LogP contribution in [-0.2, 0) is 6.54 Å². The van der Waals surface area contributed by atoms with Crippen LogP contribution in [0.2, 0.25) is 5.02 Å². The number of halogens is 2. The van der Waals surface area contributed by atoms with E-state index in [1.165, 1.54) is 30.3 Å². The maximum atomic E-state index is 13.0. The summed E-state index contributed by atoms with van der Waals surface area (Å²) in [6.07, 6.45) is 0. The van der Waals surface area contributed by atoms with Crippen LogP contribution >= 0.6 is 11.6 Å². The quantitative estimate of drug-likeness (QED) is 0.687. The van der Waals surface area contributed by atoms with Gasteiger partial charge in [-0.2, -0.15) is 5.26 Å². The first kappa shape index (κ1) is 14.8. The van der Waals surface area contributed by atoms with Crippen molar-refractivity contribution in [3.05, 3.63) is 68.5 Å². The molecule has 0 unspecified atom stereocenters. The normalized spacial score (nSPS) is 9.95. The van der Waals surface area contributed by atoms with Gasteiger partial charge in [-0.1, -0.05) is 11.6 Å². The van der Waals surface area contributed by atoms with Crippen LogP contribution < -0.4 is 5.32 Å². The molecule has 106 valence electrons. The zero-order chi connectivity index (χ0) is 15.4. The van der Waals surface area contributed by atoms with Crippen molar-refractivity contribution in [3.63, 3.8) is 0 Å². The van der Waals surface area contributed by atoms with Crippen LogP contribution in [0.3, 0.4) is 0 Å². The molecule has 21 heavy (non-hydrogen) atoms. The Balaban J connectivity index is 2.17. The molecule has 0 aromatic heterocycles. The maximum Gasteiger partial charge on any atom is 0.270 e. The number of nitrogens with one attached hydrogen (secondary N) is 1. The molecule has 0 bridgehead atoms. The summed E-state index contributed by atoms with van der Waals surface area (Å²) in [6, 6.07) is 9.83. The van der Waals surface area contributed by atoms with E-state index >= 15 is 0 Å². The van der Waals surface area contributed by atoms with E-state index in [2.05, 4.69) is 5.32 Å². The van der Waals surface area contributed by atoms with Gasteiger partial charge in [0.15, 0.2) is 0 Å². The fraction of sp³-hybridized carbons (Fsp3) is 0.0714. The second kappa shape index (κ2) is 6.20. The number of nitrogens with zero attached hydrogens (tertiary/aromatic N) is 2. The lowest BCUT2D eigenvalue weighted by Crippen LogP contribution is -2.02. The summed E-state index contributed by atoms with van der Waals surface area (Å²) in [7, 11) is 0. The zero-order valence-corrected chi connectivity index (χ0v) is 11.4. The van der Waals surface area contributed by atoms with Gasteiger partial charge >= 0.3 is 0 Å². The Kier molecular flexibility index (Phi) is 4.36. The molecule has 0 aliphatic rings. The van der Waals surface area contributed by atoms with Gasteiger partial charge in [0.1, 0.15) is 11.9 Å². The van der Waals surface area contributed by atoms with Gasteiger partial charge in [-0.25, -0.2) is 4.39 Å². The summed E-state index contributed by atoms with van der Waals surface area (Å²) in [5, 5.41) is 22.8. The fourth-order valence-corrected chi connectivity index (χ4v) is 1.99. The zero-order valence-electron chi connectivity index (χ0n) is 10.6. The molecule has 0 aliphatic heterocycles. The highest BCUT2D eigenvalue weighted by molar-refractivity contribution is 6.31. The monoisotopic (exact) mass is 305 g/mol. The number of nitriles is 1. The van der Waals surface area contributed by atoms with Crippen molar-refractivity contribution < 1.29 is 9.31 Å². The lowest BCUT2D eigenvalue weighted by Gasteiger charge is -2.09. The summed E-state index contributed by atoms with van der Waals surface area (Å²) in [6.45, 7) is 0.261. The Morgan fingerprint density at radius 3 is 2.71 bits per heavy atom. The molecule has 7 heteroatoms. The smallest absolute Gasteiger partial charge is 0.270 e. The van der Waals surface area contributed by atoms with E-state index in [0.29, 0.717) is 11.3 Å². The van der Waals surface area contributed by atoms with Crippen LogP contribution in [0.25, 0.3) is 0 Å². The number of anilines is 1. The van der Waals surface area contributed by atoms with Gasteiger partial charge in [0, 0.05) is 18.7 Å². The molecule has 2 rings (SSSR count). The molecule has 0 amide bonds. The second-order valence-corrected chi connectivity index (χ2v) is 4.60. The standard InChI is InChI=1S/C14H9ClFN3O2/c15-13-6-12(19(20)21)3-1-9(13)8-18-14-4-2-11(16)5-10(14)7-17/h1-6,18H,8H2. The van der Waals surface area contributed by atoms with Gasteiger partial charge in [0.2, 0.25) is 0 Å². The molecular weight excluding hydrogens is 297 g/mol. The highest BCUT2D eigenvalue weighted by atomic mass is 35.5. The first-order valence-corrected chi connectivity index (χ1v) is 6.25. The van der Waals surface area contributed by atoms with Crippen LogP contribution in [0.15, 0.2) is 36.4 Å². The molecule has 5 nitrogen and oxygen atoms in total. The first-order chi connectivity index (χ1) is 10.0. The predicted molar refractivity (Wildman–Crippen MR) is 76.5 cm³/mol. The van der Waals surface area contributed by atoms with E-state index in [1.807, 2.05) is 6.07 Å². The lowest BCUT2D eigenvalue weighted by molar-refractivity contribution is -0.384. The van der Waals surface area contributed by atoms with Gasteiger partial charge in [0.25, 0.3) is 5.69 Å². The van der Waals surface area contributed by atoms with E-state index < -0.39 is 10.7 Å². The molecule has 2 aromatic carbocycles. The van der Waals surface area contributed by atoms with Crippen molar-refractivity contribution in [2.24, 2.45) is 0 Å². The summed E-state index contributed by atoms with van der Waals surface area (Å²) in [4.78, 5) is 10.1. The number of hydrogen-bond acceptors (Lipinski definition) is 4. The summed E-state index contributed by atoms with van der Waals surface area (Å²) in [5.74, 6) is -0.495. The van der Waals surface area contributed by atoms with E-state index in [4.69, 9.17) is 16.9 Å². The second-order valence-electron chi connectivity index (χ2n) is 4.19. The van der Waals surface area contributed by atoms with E-state index in [1.54, 1.807) is 0 Å². The third-order valence-electron chi connectivity index (χ3n) is 2.82. The van der Waals surface area contributed by atoms with Gasteiger partial charge in [-0.3, -0.25) is 10.1 Å². The van der Waals surface area contributed by atoms with Gasteiger partial charge < -0.3 is 5.32 Å². The Labute approximate surface area is 124 Å². The van der Waals surface area contributed by atoms with Crippen LogP contribution in [0.5, 0.6) is 0 Å². The largest absolute Gasteiger partial charge is 0.380 e. The summed E-state index contributed by atoms with van der Waals surface area (Å²) < 4.78 is 13.0. The summed E-state index contributed by atoms with van der Waals surface area (Å²) in [5.41, 5.74) is 1.18. The Morgan fingerprint density at radius 1 is 1.33 bits per heavy atom. The average Bonchev–Trinajstić information content (AvgIpc) is 2.46. The van der Waals surface area contributed by atoms with Crippen molar-refractivity contribution >= 4 is 23.0 Å². The molecule has 0 spiro atoms. The Morgan fingerprint density at radius 2 is 2.10 bits per heavy atom. The fourth-order valence-electron chi connectivity index (χ4n) is 1.75. The summed E-state index contributed by atoms with van der Waals surface area (Å²) >= 11 is 5.97. The van der Waals surface area contributed by atoms with Gasteiger partial charge in [-0.15, -0.1) is 0 Å². The van der Waals surface area contributed by atoms with Crippen LogP contribution in [-0.4, -0.2) is 4.92 Å². The molecule has 0 heterocycles. The van der Waals surface area contributed by atoms with Crippen molar-refractivity contribution in [1.29, 1.82) is 5.26 Å². The SMILES string of the molecule is N#Cc1cc(F)ccc1NCc1ccc([N+](=O)[O-])cc1Cl. The van der Waals surface area contributed by atoms with E-state index in [-0.39, 0.29) is 22.8 Å². The molecule has 2 aromatic rings. The number of hydrogen-bond donors (Lipinski definition) is 1. The molecule has 0 saturated heterocycles. The molecule has 1 N–H and O–H groups in total. The van der Waals surface area contributed by atoms with Crippen LogP contribution in [0, 0.1) is 27.3 Å².